The number of H-pyrrole nitrogens is 3. The van der Waals surface area contributed by atoms with E-state index in [-0.39, 0.29) is 23.5 Å². The predicted octanol–water partition coefficient (Wildman–Crippen LogP) is 16.6. The van der Waals surface area contributed by atoms with Gasteiger partial charge in [-0.05, 0) is 169 Å². The number of hydrogen-bond donors (Lipinski definition) is 3. The number of fused-ring (bicyclic) bond motifs is 3. The van der Waals surface area contributed by atoms with Crippen LogP contribution < -0.4 is 32.0 Å². The molecule has 31 heteroatoms. The van der Waals surface area contributed by atoms with Gasteiger partial charge in [0.25, 0.3) is 0 Å². The van der Waals surface area contributed by atoms with Crippen molar-refractivity contribution >= 4 is 85.7 Å². The first-order chi connectivity index (χ1) is 54.7. The summed E-state index contributed by atoms with van der Waals surface area (Å²) in [6, 6.07) is 12.7. The maximum absolute atomic E-state index is 11.7. The summed E-state index contributed by atoms with van der Waals surface area (Å²) in [5, 5.41) is 13.2. The molecule has 18 rings (SSSR count). The minimum atomic E-state index is -0.635. The third-order valence-electron chi connectivity index (χ3n) is 24.2. The molecule has 6 fully saturated rings. The van der Waals surface area contributed by atoms with Gasteiger partial charge in [-0.25, -0.2) is 44.3 Å². The number of halogens is 3. The fourth-order valence-electron chi connectivity index (χ4n) is 18.0. The largest absolute Gasteiger partial charge is 0.439 e. The Morgan fingerprint density at radius 3 is 1.15 bits per heavy atom. The van der Waals surface area contributed by atoms with Crippen LogP contribution in [0.5, 0.6) is 0 Å². The molecule has 0 spiro atoms. The van der Waals surface area contributed by atoms with Gasteiger partial charge in [-0.3, -0.25) is 43.5 Å². The summed E-state index contributed by atoms with van der Waals surface area (Å²) in [5.41, 5.74) is 11.1. The van der Waals surface area contributed by atoms with Crippen molar-refractivity contribution in [1.82, 2.24) is 89.0 Å². The molecule has 0 bridgehead atoms. The zero-order chi connectivity index (χ0) is 78.3. The van der Waals surface area contributed by atoms with E-state index in [1.165, 1.54) is 77.0 Å². The first-order valence-electron chi connectivity index (χ1n) is 40.4. The number of ether oxygens (including phenoxy) is 1. The molecule has 15 heterocycles. The molecule has 594 valence electrons. The lowest BCUT2D eigenvalue weighted by molar-refractivity contribution is 0.137. The lowest BCUT2D eigenvalue weighted by Gasteiger charge is -2.31. The highest BCUT2D eigenvalue weighted by Gasteiger charge is 2.37. The Bertz CT molecular complexity index is 5330. The number of pyridine rings is 6. The van der Waals surface area contributed by atoms with Crippen LogP contribution in [0.2, 0.25) is 15.1 Å². The van der Waals surface area contributed by atoms with Gasteiger partial charge in [-0.15, -0.1) is 0 Å². The normalized spacial score (nSPS) is 23.0. The second-order valence-electron chi connectivity index (χ2n) is 32.9. The second kappa shape index (κ2) is 33.4. The summed E-state index contributed by atoms with van der Waals surface area (Å²) >= 11 is 19.1. The molecular weight excluding hydrogens is 1500 g/mol. The summed E-state index contributed by atoms with van der Waals surface area (Å²) in [5.74, 6) is 6.39. The minimum Gasteiger partial charge on any atom is -0.379 e. The predicted molar refractivity (Wildman–Crippen MR) is 437 cm³/mol. The van der Waals surface area contributed by atoms with Crippen LogP contribution in [-0.2, 0) is 24.4 Å². The van der Waals surface area contributed by atoms with Crippen LogP contribution in [0.4, 0.5) is 17.8 Å². The van der Waals surface area contributed by atoms with Crippen LogP contribution in [0.15, 0.2) is 102 Å². The van der Waals surface area contributed by atoms with Crippen molar-refractivity contribution < 1.29 is 18.3 Å². The number of nitrogens with zero attached hydrogens (tertiary/aromatic N) is 18. The van der Waals surface area contributed by atoms with Gasteiger partial charge in [0, 0.05) is 111 Å². The average Bonchev–Trinajstić information content (AvgIpc) is 1.61. The standard InChI is InChI=1S/C28H34ClN7O2.C27H32ClN7O3.C27H32ClN7O2/c1-16(2)23-5-4-10-35(23)27-32-21-12-22(26-33-28(37)38-34-26)31-24(19-11-20(29)14-30-13-19)25(21)36(27)15-18-8-6-17(3)7-9-18;1-16-4-6-18(7-5-16)14-35-24-21(31-26(35)34-8-3-9-37-15-17(34)2)11-22(25-32-27(36)38-33-25)30-23(24)19-10-20(28)13-29-12-19;1-15-4-8-18(9-5-15)14-34-24-21(31-26(34)35-16(2)6-7-17(35)3)11-22(25-32-27(36)37-33-25)30-23(24)19-10-20(28)13-29-12-19/h11-14,16-18,23H,4-10,15H2,1-3H3,(H,33,34,37);10-13,16-18H,3-9,14-15H2,1-2H3,(H,32,33,36);10-13,15-18H,4-9,14H2,1-3H3,(H,32,33,36)/t;;15?,16-,17-,18?/m..1/s1. The Balaban J connectivity index is 0.000000128. The van der Waals surface area contributed by atoms with E-state index in [2.05, 4.69) is 129 Å². The first kappa shape index (κ1) is 77.3. The maximum atomic E-state index is 11.7. The second-order valence-corrected chi connectivity index (χ2v) is 34.2. The van der Waals surface area contributed by atoms with E-state index in [1.54, 1.807) is 37.2 Å². The Morgan fingerprint density at radius 1 is 0.425 bits per heavy atom. The Hall–Kier alpha value is -9.64. The van der Waals surface area contributed by atoms with Crippen LogP contribution in [-0.4, -0.2) is 139 Å². The fraction of sp³-hybridized carbons (Fsp3) is 0.524. The zero-order valence-corrected chi connectivity index (χ0v) is 67.6. The van der Waals surface area contributed by atoms with Crippen molar-refractivity contribution in [3.63, 3.8) is 0 Å². The van der Waals surface area contributed by atoms with E-state index in [0.29, 0.717) is 91.9 Å². The average molecular weight is 1600 g/mol. The highest BCUT2D eigenvalue weighted by Crippen LogP contribution is 2.44. The molecule has 2 unspecified atom stereocenters. The number of nitrogens with one attached hydrogen (secondary N) is 3. The van der Waals surface area contributed by atoms with Crippen molar-refractivity contribution in [2.24, 2.45) is 41.4 Å². The van der Waals surface area contributed by atoms with Gasteiger partial charge in [0.1, 0.15) is 17.1 Å². The van der Waals surface area contributed by atoms with Crippen LogP contribution in [0.1, 0.15) is 165 Å². The number of hydrogen-bond acceptors (Lipinski definition) is 22. The summed E-state index contributed by atoms with van der Waals surface area (Å²) < 4.78 is 27.3. The SMILES string of the molecule is CC1CCC(Cn2c(N3CCCC3C(C)C)nc3cc(-c4noc(=O)[nH]4)nc(-c4cncc(Cl)c4)c32)CC1.CC1CCC(Cn2c(N3CCCOCC3C)nc3cc(-c4noc(=O)[nH]4)nc(-c4cncc(Cl)c4)c32)CC1.CC1CCC(Cn2c(N3[C@H](C)CC[C@H]3C)nc3cc(-c4noc(=O)[nH]4)nc(-c4cncc(Cl)c4)c32)CC1. The van der Waals surface area contributed by atoms with Crippen LogP contribution in [0.25, 0.3) is 101 Å². The number of rotatable bonds is 16. The molecule has 0 radical (unpaired) electrons. The van der Waals surface area contributed by atoms with Gasteiger partial charge in [0.2, 0.25) is 35.3 Å². The molecule has 3 N–H and O–H groups in total. The van der Waals surface area contributed by atoms with Gasteiger partial charge in [-0.1, -0.05) is 123 Å². The molecule has 12 aromatic heterocycles. The zero-order valence-electron chi connectivity index (χ0n) is 65.3. The highest BCUT2D eigenvalue weighted by molar-refractivity contribution is 6.31. The third kappa shape index (κ3) is 16.7. The number of aromatic nitrogens is 18. The van der Waals surface area contributed by atoms with Crippen LogP contribution >= 0.6 is 34.8 Å². The lowest BCUT2D eigenvalue weighted by Crippen LogP contribution is -2.37. The third-order valence-corrected chi connectivity index (χ3v) is 24.8. The molecule has 0 amide bonds. The van der Waals surface area contributed by atoms with E-state index in [1.807, 2.05) is 36.4 Å². The molecule has 3 aliphatic heterocycles. The smallest absolute Gasteiger partial charge is 0.379 e. The molecule has 113 heavy (non-hydrogen) atoms. The lowest BCUT2D eigenvalue weighted by atomic mass is 9.83. The molecular formula is C82H98Cl3N21O7. The molecule has 3 saturated carbocycles. The highest BCUT2D eigenvalue weighted by atomic mass is 35.5. The van der Waals surface area contributed by atoms with Gasteiger partial charge >= 0.3 is 17.3 Å². The van der Waals surface area contributed by atoms with Gasteiger partial charge in [0.15, 0.2) is 0 Å². The van der Waals surface area contributed by atoms with E-state index in [4.69, 9.17) is 83.0 Å². The Kier molecular flexibility index (Phi) is 22.9. The molecule has 3 saturated heterocycles. The Morgan fingerprint density at radius 2 is 0.788 bits per heavy atom. The topological polar surface area (TPSA) is 326 Å². The molecule has 0 aromatic carbocycles. The minimum absolute atomic E-state index is 0.176. The van der Waals surface area contributed by atoms with Gasteiger partial charge in [-0.2, -0.15) is 0 Å². The summed E-state index contributed by atoms with van der Waals surface area (Å²) in [4.78, 5) is 94.0. The number of anilines is 3. The summed E-state index contributed by atoms with van der Waals surface area (Å²) in [7, 11) is 0. The quantitative estimate of drug-likeness (QED) is 0.0809. The monoisotopic (exact) mass is 1590 g/mol. The van der Waals surface area contributed by atoms with Crippen molar-refractivity contribution in [3.05, 3.63) is 120 Å². The fourth-order valence-corrected chi connectivity index (χ4v) is 18.6. The maximum Gasteiger partial charge on any atom is 0.439 e. The van der Waals surface area contributed by atoms with Gasteiger partial charge in [0.05, 0.1) is 77.9 Å². The molecule has 3 aliphatic carbocycles. The van der Waals surface area contributed by atoms with E-state index in [0.717, 1.165) is 163 Å². The molecule has 6 aliphatic rings. The first-order valence-corrected chi connectivity index (χ1v) is 41.5. The van der Waals surface area contributed by atoms with Crippen LogP contribution in [0, 0.1) is 41.4 Å². The van der Waals surface area contributed by atoms with Crippen molar-refractivity contribution in [3.8, 4) is 68.3 Å². The van der Waals surface area contributed by atoms with E-state index < -0.39 is 17.3 Å². The number of aromatic amines is 3. The molecule has 12 aromatic rings. The summed E-state index contributed by atoms with van der Waals surface area (Å²) in [6.07, 6.45) is 30.4. The van der Waals surface area contributed by atoms with Crippen LogP contribution in [0.3, 0.4) is 0 Å². The van der Waals surface area contributed by atoms with E-state index in [9.17, 15) is 14.4 Å². The molecule has 28 nitrogen and oxygen atoms in total. The van der Waals surface area contributed by atoms with Gasteiger partial charge < -0.3 is 33.1 Å². The number of imidazole rings is 3. The van der Waals surface area contributed by atoms with Crippen molar-refractivity contribution in [2.45, 2.75) is 208 Å². The summed E-state index contributed by atoms with van der Waals surface area (Å²) in [6.45, 7) is 24.3. The van der Waals surface area contributed by atoms with E-state index >= 15 is 0 Å². The van der Waals surface area contributed by atoms with Crippen molar-refractivity contribution in [2.75, 3.05) is 41.0 Å². The van der Waals surface area contributed by atoms with Crippen molar-refractivity contribution in [1.29, 1.82) is 0 Å². The Labute approximate surface area is 668 Å². The molecule has 4 atom stereocenters.